The van der Waals surface area contributed by atoms with Crippen molar-refractivity contribution in [2.24, 2.45) is 5.14 Å². The fourth-order valence-corrected chi connectivity index (χ4v) is 5.23. The molecule has 0 saturated carbocycles. The molecule has 5 rings (SSSR count). The maximum atomic E-state index is 13.2. The first-order chi connectivity index (χ1) is 16.3. The summed E-state index contributed by atoms with van der Waals surface area (Å²) in [5.41, 5.74) is 3.96. The van der Waals surface area contributed by atoms with Gasteiger partial charge < -0.3 is 5.32 Å². The highest BCUT2D eigenvalue weighted by Gasteiger charge is 2.13. The normalized spacial score (nSPS) is 11.8. The highest BCUT2D eigenvalue weighted by Crippen LogP contribution is 2.30. The number of nitrogens with one attached hydrogen (secondary N) is 1. The number of amides is 1. The summed E-state index contributed by atoms with van der Waals surface area (Å²) in [7, 11) is -3.72. The van der Waals surface area contributed by atoms with Crippen LogP contribution in [0.5, 0.6) is 0 Å². The number of sulfonamides is 1. The molecule has 10 heteroatoms. The zero-order valence-electron chi connectivity index (χ0n) is 17.7. The first-order valence-corrected chi connectivity index (χ1v) is 12.7. The fraction of sp³-hybridized carbons (Fsp3) is 0.0833. The molecule has 34 heavy (non-hydrogen) atoms. The molecule has 0 unspecified atom stereocenters. The number of aromatic nitrogens is 2. The molecule has 3 N–H and O–H groups in total. The average Bonchev–Trinajstić information content (AvgIpc) is 3.37. The van der Waals surface area contributed by atoms with Crippen molar-refractivity contribution in [1.29, 1.82) is 0 Å². The van der Waals surface area contributed by atoms with Crippen molar-refractivity contribution < 1.29 is 17.6 Å². The first kappa shape index (κ1) is 22.2. The molecule has 0 bridgehead atoms. The predicted octanol–water partition coefficient (Wildman–Crippen LogP) is 3.98. The molecular formula is C24H19FN4O3S2. The maximum absolute atomic E-state index is 13.2. The van der Waals surface area contributed by atoms with Gasteiger partial charge in [-0.15, -0.1) is 0 Å². The summed E-state index contributed by atoms with van der Waals surface area (Å²) in [6.45, 7) is 0.403. The molecule has 1 amide bonds. The Morgan fingerprint density at radius 3 is 2.50 bits per heavy atom. The minimum atomic E-state index is -3.72. The SMILES string of the molecule is NS(=O)(=O)c1ccc(CCNC(=O)c2ccc3c(c2)sc2nc(-c4ccc(F)cc4)cn23)cc1. The molecule has 0 aliphatic carbocycles. The van der Waals surface area contributed by atoms with E-state index in [1.54, 1.807) is 30.3 Å². The lowest BCUT2D eigenvalue weighted by Gasteiger charge is -2.06. The maximum Gasteiger partial charge on any atom is 0.251 e. The van der Waals surface area contributed by atoms with Crippen LogP contribution in [-0.2, 0) is 16.4 Å². The Hall–Kier alpha value is -3.60. The summed E-state index contributed by atoms with van der Waals surface area (Å²) in [5, 5.41) is 7.99. The summed E-state index contributed by atoms with van der Waals surface area (Å²) in [5.74, 6) is -0.484. The molecular weight excluding hydrogens is 475 g/mol. The minimum absolute atomic E-state index is 0.0562. The van der Waals surface area contributed by atoms with Gasteiger partial charge in [0.15, 0.2) is 4.96 Å². The van der Waals surface area contributed by atoms with Crippen LogP contribution in [0.4, 0.5) is 4.39 Å². The Balaban J connectivity index is 1.28. The third-order valence-corrected chi connectivity index (χ3v) is 7.39. The van der Waals surface area contributed by atoms with Crippen LogP contribution in [-0.4, -0.2) is 30.3 Å². The van der Waals surface area contributed by atoms with Gasteiger partial charge in [-0.05, 0) is 66.6 Å². The number of rotatable bonds is 6. The fourth-order valence-electron chi connectivity index (χ4n) is 3.67. The average molecular weight is 495 g/mol. The molecule has 3 aromatic carbocycles. The Morgan fingerprint density at radius 2 is 1.79 bits per heavy atom. The number of carbonyl (C=O) groups excluding carboxylic acids is 1. The number of imidazole rings is 1. The van der Waals surface area contributed by atoms with Crippen molar-refractivity contribution in [3.05, 3.63) is 89.9 Å². The minimum Gasteiger partial charge on any atom is -0.352 e. The molecule has 0 atom stereocenters. The van der Waals surface area contributed by atoms with Crippen LogP contribution < -0.4 is 10.5 Å². The lowest BCUT2D eigenvalue weighted by Crippen LogP contribution is -2.25. The lowest BCUT2D eigenvalue weighted by molar-refractivity contribution is 0.0954. The van der Waals surface area contributed by atoms with E-state index in [1.807, 2.05) is 22.7 Å². The largest absolute Gasteiger partial charge is 0.352 e. The molecule has 0 aliphatic rings. The number of primary sulfonamides is 1. The molecule has 172 valence electrons. The van der Waals surface area contributed by atoms with Gasteiger partial charge in [0.2, 0.25) is 10.0 Å². The molecule has 0 radical (unpaired) electrons. The van der Waals surface area contributed by atoms with Gasteiger partial charge in [-0.25, -0.2) is 22.9 Å². The van der Waals surface area contributed by atoms with Crippen molar-refractivity contribution in [3.63, 3.8) is 0 Å². The molecule has 2 aromatic heterocycles. The second-order valence-corrected chi connectivity index (χ2v) is 10.3. The number of nitrogens with two attached hydrogens (primary N) is 1. The van der Waals surface area contributed by atoms with Gasteiger partial charge in [-0.1, -0.05) is 23.5 Å². The zero-order valence-corrected chi connectivity index (χ0v) is 19.4. The molecule has 0 aliphatic heterocycles. The van der Waals surface area contributed by atoms with E-state index in [0.29, 0.717) is 18.5 Å². The van der Waals surface area contributed by atoms with Gasteiger partial charge in [-0.3, -0.25) is 9.20 Å². The van der Waals surface area contributed by atoms with E-state index in [-0.39, 0.29) is 16.6 Å². The number of nitrogens with zero attached hydrogens (tertiary/aromatic N) is 2. The second kappa shape index (κ2) is 8.64. The number of hydrogen-bond acceptors (Lipinski definition) is 5. The second-order valence-electron chi connectivity index (χ2n) is 7.77. The van der Waals surface area contributed by atoms with Crippen LogP contribution in [0.2, 0.25) is 0 Å². The monoisotopic (exact) mass is 494 g/mol. The summed E-state index contributed by atoms with van der Waals surface area (Å²) < 4.78 is 38.8. The van der Waals surface area contributed by atoms with Crippen molar-refractivity contribution in [3.8, 4) is 11.3 Å². The van der Waals surface area contributed by atoms with E-state index in [1.165, 1.54) is 35.6 Å². The summed E-state index contributed by atoms with van der Waals surface area (Å²) in [6.07, 6.45) is 2.46. The van der Waals surface area contributed by atoms with Crippen molar-refractivity contribution in [2.75, 3.05) is 6.54 Å². The summed E-state index contributed by atoms with van der Waals surface area (Å²) >= 11 is 1.47. The van der Waals surface area contributed by atoms with Crippen LogP contribution in [0, 0.1) is 5.82 Å². The number of thiazole rings is 1. The van der Waals surface area contributed by atoms with Crippen molar-refractivity contribution in [1.82, 2.24) is 14.7 Å². The number of benzene rings is 3. The predicted molar refractivity (Wildman–Crippen MR) is 130 cm³/mol. The molecule has 0 spiro atoms. The van der Waals surface area contributed by atoms with E-state index in [4.69, 9.17) is 5.14 Å². The van der Waals surface area contributed by atoms with E-state index < -0.39 is 10.0 Å². The van der Waals surface area contributed by atoms with E-state index in [0.717, 1.165) is 32.0 Å². The van der Waals surface area contributed by atoms with Crippen LogP contribution in [0.25, 0.3) is 26.4 Å². The van der Waals surface area contributed by atoms with Crippen LogP contribution in [0.1, 0.15) is 15.9 Å². The highest BCUT2D eigenvalue weighted by molar-refractivity contribution is 7.89. The molecule has 0 saturated heterocycles. The highest BCUT2D eigenvalue weighted by atomic mass is 32.2. The van der Waals surface area contributed by atoms with Gasteiger partial charge in [0.25, 0.3) is 5.91 Å². The van der Waals surface area contributed by atoms with E-state index in [2.05, 4.69) is 10.3 Å². The Bertz CT molecular complexity index is 1620. The first-order valence-electron chi connectivity index (χ1n) is 10.4. The van der Waals surface area contributed by atoms with Gasteiger partial charge in [0.05, 0.1) is 20.8 Å². The Kier molecular flexibility index (Phi) is 5.64. The van der Waals surface area contributed by atoms with E-state index in [9.17, 15) is 17.6 Å². The van der Waals surface area contributed by atoms with Gasteiger partial charge in [-0.2, -0.15) is 0 Å². The summed E-state index contributed by atoms with van der Waals surface area (Å²) in [4.78, 5) is 18.1. The summed E-state index contributed by atoms with van der Waals surface area (Å²) in [6, 6.07) is 18.0. The van der Waals surface area contributed by atoms with Crippen LogP contribution in [0.15, 0.2) is 77.8 Å². The molecule has 7 nitrogen and oxygen atoms in total. The van der Waals surface area contributed by atoms with Crippen molar-refractivity contribution in [2.45, 2.75) is 11.3 Å². The van der Waals surface area contributed by atoms with Crippen LogP contribution in [0.3, 0.4) is 0 Å². The van der Waals surface area contributed by atoms with Gasteiger partial charge in [0, 0.05) is 23.9 Å². The Labute approximate surface area is 198 Å². The quantitative estimate of drug-likeness (QED) is 0.372. The van der Waals surface area contributed by atoms with Gasteiger partial charge >= 0.3 is 0 Å². The molecule has 0 fully saturated rings. The third-order valence-electron chi connectivity index (χ3n) is 5.45. The van der Waals surface area contributed by atoms with E-state index >= 15 is 0 Å². The number of halogens is 1. The van der Waals surface area contributed by atoms with Crippen molar-refractivity contribution >= 4 is 42.4 Å². The topological polar surface area (TPSA) is 107 Å². The van der Waals surface area contributed by atoms with Gasteiger partial charge in [0.1, 0.15) is 5.82 Å². The smallest absolute Gasteiger partial charge is 0.251 e. The number of hydrogen-bond donors (Lipinski definition) is 2. The Morgan fingerprint density at radius 1 is 1.06 bits per heavy atom. The lowest BCUT2D eigenvalue weighted by atomic mass is 10.1. The standard InChI is InChI=1S/C24H19FN4O3S2/c25-18-6-3-16(4-7-18)20-14-29-21-10-5-17(13-22(21)33-24(29)28-20)23(30)27-12-11-15-1-8-19(9-2-15)34(26,31)32/h1-10,13-14H,11-12H2,(H,27,30)(H2,26,31,32). The molecule has 2 heterocycles. The number of carbonyl (C=O) groups is 1. The number of fused-ring (bicyclic) bond motifs is 3. The third kappa shape index (κ3) is 4.43. The molecule has 5 aromatic rings. The van der Waals surface area contributed by atoms with Crippen LogP contribution >= 0.6 is 11.3 Å². The zero-order chi connectivity index (χ0) is 23.9.